The number of fused-ring (bicyclic) bond motifs is 1. The minimum atomic E-state index is 0.958. The molecule has 2 rings (SSSR count). The number of rotatable bonds is 6. The Morgan fingerprint density at radius 3 is 2.63 bits per heavy atom. The van der Waals surface area contributed by atoms with E-state index in [1.165, 1.54) is 15.8 Å². The number of aryl methyl sites for hydroxylation is 2. The molecular weight excluding hydrogens is 254 g/mol. The molecule has 3 nitrogen and oxygen atoms in total. The molecule has 0 amide bonds. The maximum Gasteiger partial charge on any atom is 0.183 e. The van der Waals surface area contributed by atoms with Crippen molar-refractivity contribution in [2.45, 2.75) is 27.7 Å². The predicted octanol–water partition coefficient (Wildman–Crippen LogP) is 3.67. The first-order chi connectivity index (χ1) is 9.13. The standard InChI is InChI=1S/C15H23N3S/c1-5-18(6-2)8-7-16-15-17-13-10-11(3)9-12(4)14(13)19-15/h9-10H,5-8H2,1-4H3,(H,16,17). The number of anilines is 1. The van der Waals surface area contributed by atoms with Crippen LogP contribution in [0.5, 0.6) is 0 Å². The molecule has 19 heavy (non-hydrogen) atoms. The van der Waals surface area contributed by atoms with Crippen molar-refractivity contribution in [1.29, 1.82) is 0 Å². The molecule has 0 unspecified atom stereocenters. The average Bonchev–Trinajstić information content (AvgIpc) is 2.78. The highest BCUT2D eigenvalue weighted by Gasteiger charge is 2.07. The van der Waals surface area contributed by atoms with Crippen LogP contribution >= 0.6 is 11.3 Å². The Balaban J connectivity index is 2.04. The highest BCUT2D eigenvalue weighted by atomic mass is 32.1. The Labute approximate surface area is 119 Å². The smallest absolute Gasteiger partial charge is 0.183 e. The van der Waals surface area contributed by atoms with Gasteiger partial charge in [0.2, 0.25) is 0 Å². The van der Waals surface area contributed by atoms with Crippen molar-refractivity contribution in [3.05, 3.63) is 23.3 Å². The van der Waals surface area contributed by atoms with Crippen LogP contribution in [-0.4, -0.2) is 36.1 Å². The van der Waals surface area contributed by atoms with Crippen LogP contribution in [0.25, 0.3) is 10.2 Å². The summed E-state index contributed by atoms with van der Waals surface area (Å²) in [6, 6.07) is 4.38. The molecule has 0 aliphatic carbocycles. The van der Waals surface area contributed by atoms with Gasteiger partial charge in [0.1, 0.15) is 0 Å². The van der Waals surface area contributed by atoms with E-state index in [9.17, 15) is 0 Å². The molecule has 0 aliphatic rings. The molecule has 0 saturated carbocycles. The van der Waals surface area contributed by atoms with Crippen molar-refractivity contribution in [2.24, 2.45) is 0 Å². The Hall–Kier alpha value is -1.13. The largest absolute Gasteiger partial charge is 0.360 e. The van der Waals surface area contributed by atoms with Crippen LogP contribution < -0.4 is 5.32 Å². The molecule has 2 aromatic rings. The minimum Gasteiger partial charge on any atom is -0.360 e. The second kappa shape index (κ2) is 6.35. The molecule has 0 bridgehead atoms. The van der Waals surface area contributed by atoms with Gasteiger partial charge < -0.3 is 10.2 Å². The van der Waals surface area contributed by atoms with Gasteiger partial charge in [-0.05, 0) is 44.1 Å². The van der Waals surface area contributed by atoms with Crippen LogP contribution in [0.2, 0.25) is 0 Å². The van der Waals surface area contributed by atoms with Crippen molar-refractivity contribution in [3.63, 3.8) is 0 Å². The van der Waals surface area contributed by atoms with Crippen LogP contribution in [0.1, 0.15) is 25.0 Å². The van der Waals surface area contributed by atoms with E-state index in [2.05, 4.69) is 55.0 Å². The second-order valence-electron chi connectivity index (χ2n) is 4.90. The first kappa shape index (κ1) is 14.3. The molecule has 4 heteroatoms. The van der Waals surface area contributed by atoms with E-state index in [0.717, 1.165) is 36.8 Å². The van der Waals surface area contributed by atoms with Gasteiger partial charge in [0.05, 0.1) is 10.2 Å². The third-order valence-corrected chi connectivity index (χ3v) is 4.58. The van der Waals surface area contributed by atoms with Crippen molar-refractivity contribution >= 4 is 26.7 Å². The predicted molar refractivity (Wildman–Crippen MR) is 85.4 cm³/mol. The number of thiazole rings is 1. The van der Waals surface area contributed by atoms with Gasteiger partial charge in [-0.2, -0.15) is 0 Å². The zero-order chi connectivity index (χ0) is 13.8. The van der Waals surface area contributed by atoms with Gasteiger partial charge >= 0.3 is 0 Å². The second-order valence-corrected chi connectivity index (χ2v) is 5.90. The van der Waals surface area contributed by atoms with Crippen molar-refractivity contribution in [2.75, 3.05) is 31.5 Å². The van der Waals surface area contributed by atoms with Gasteiger partial charge in [0.15, 0.2) is 5.13 Å². The van der Waals surface area contributed by atoms with Crippen molar-refractivity contribution in [1.82, 2.24) is 9.88 Å². The highest BCUT2D eigenvalue weighted by Crippen LogP contribution is 2.29. The van der Waals surface area contributed by atoms with Gasteiger partial charge in [-0.15, -0.1) is 0 Å². The summed E-state index contributed by atoms with van der Waals surface area (Å²) >= 11 is 1.76. The zero-order valence-electron chi connectivity index (χ0n) is 12.3. The maximum atomic E-state index is 4.67. The Morgan fingerprint density at radius 2 is 1.95 bits per heavy atom. The number of likely N-dealkylation sites (N-methyl/N-ethyl adjacent to an activating group) is 1. The first-order valence-corrected chi connectivity index (χ1v) is 7.79. The lowest BCUT2D eigenvalue weighted by Gasteiger charge is -2.17. The monoisotopic (exact) mass is 277 g/mol. The van der Waals surface area contributed by atoms with E-state index in [1.807, 2.05) is 0 Å². The number of benzene rings is 1. The minimum absolute atomic E-state index is 0.958. The molecule has 1 aromatic carbocycles. The number of nitrogens with one attached hydrogen (secondary N) is 1. The van der Waals surface area contributed by atoms with E-state index in [-0.39, 0.29) is 0 Å². The molecule has 104 valence electrons. The molecule has 0 atom stereocenters. The third-order valence-electron chi connectivity index (χ3n) is 3.42. The fourth-order valence-corrected chi connectivity index (χ4v) is 3.25. The molecule has 1 N–H and O–H groups in total. The topological polar surface area (TPSA) is 28.2 Å². The third kappa shape index (κ3) is 3.45. The number of hydrogen-bond donors (Lipinski definition) is 1. The van der Waals surface area contributed by atoms with Gasteiger partial charge in [-0.25, -0.2) is 4.98 Å². The summed E-state index contributed by atoms with van der Waals surface area (Å²) in [5.41, 5.74) is 3.72. The molecule has 0 saturated heterocycles. The van der Waals surface area contributed by atoms with Crippen LogP contribution in [0, 0.1) is 13.8 Å². The highest BCUT2D eigenvalue weighted by molar-refractivity contribution is 7.22. The summed E-state index contributed by atoms with van der Waals surface area (Å²) in [6.45, 7) is 12.9. The van der Waals surface area contributed by atoms with E-state index < -0.39 is 0 Å². The molecule has 1 aromatic heterocycles. The van der Waals surface area contributed by atoms with Crippen LogP contribution in [0.3, 0.4) is 0 Å². The zero-order valence-corrected chi connectivity index (χ0v) is 13.1. The lowest BCUT2D eigenvalue weighted by Crippen LogP contribution is -2.28. The van der Waals surface area contributed by atoms with Crippen LogP contribution in [0.15, 0.2) is 12.1 Å². The fraction of sp³-hybridized carbons (Fsp3) is 0.533. The molecule has 0 fully saturated rings. The summed E-state index contributed by atoms with van der Waals surface area (Å²) in [6.07, 6.45) is 0. The Morgan fingerprint density at radius 1 is 1.21 bits per heavy atom. The Kier molecular flexibility index (Phi) is 4.77. The lowest BCUT2D eigenvalue weighted by molar-refractivity contribution is 0.316. The molecule has 0 aliphatic heterocycles. The number of aromatic nitrogens is 1. The SMILES string of the molecule is CCN(CC)CCNc1nc2cc(C)cc(C)c2s1. The average molecular weight is 277 g/mol. The van der Waals surface area contributed by atoms with E-state index in [0.29, 0.717) is 0 Å². The van der Waals surface area contributed by atoms with Crippen molar-refractivity contribution in [3.8, 4) is 0 Å². The molecular formula is C15H23N3S. The summed E-state index contributed by atoms with van der Waals surface area (Å²) in [5.74, 6) is 0. The summed E-state index contributed by atoms with van der Waals surface area (Å²) in [5, 5.41) is 4.48. The van der Waals surface area contributed by atoms with E-state index in [4.69, 9.17) is 0 Å². The van der Waals surface area contributed by atoms with Crippen molar-refractivity contribution < 1.29 is 0 Å². The molecule has 1 heterocycles. The van der Waals surface area contributed by atoms with Gasteiger partial charge in [-0.1, -0.05) is 31.3 Å². The van der Waals surface area contributed by atoms with Gasteiger partial charge in [0.25, 0.3) is 0 Å². The van der Waals surface area contributed by atoms with E-state index >= 15 is 0 Å². The summed E-state index contributed by atoms with van der Waals surface area (Å²) in [4.78, 5) is 7.08. The molecule has 0 spiro atoms. The lowest BCUT2D eigenvalue weighted by atomic mass is 10.1. The maximum absolute atomic E-state index is 4.67. The van der Waals surface area contributed by atoms with Gasteiger partial charge in [-0.3, -0.25) is 0 Å². The van der Waals surface area contributed by atoms with Gasteiger partial charge in [0, 0.05) is 13.1 Å². The Bertz CT molecular complexity index is 544. The van der Waals surface area contributed by atoms with Crippen LogP contribution in [-0.2, 0) is 0 Å². The fourth-order valence-electron chi connectivity index (χ4n) is 2.31. The number of nitrogens with zero attached hydrogens (tertiary/aromatic N) is 2. The number of hydrogen-bond acceptors (Lipinski definition) is 4. The summed E-state index contributed by atoms with van der Waals surface area (Å²) in [7, 11) is 0. The normalized spacial score (nSPS) is 11.4. The van der Waals surface area contributed by atoms with E-state index in [1.54, 1.807) is 11.3 Å². The summed E-state index contributed by atoms with van der Waals surface area (Å²) < 4.78 is 1.30. The van der Waals surface area contributed by atoms with Crippen LogP contribution in [0.4, 0.5) is 5.13 Å². The quantitative estimate of drug-likeness (QED) is 0.873. The molecule has 0 radical (unpaired) electrons. The first-order valence-electron chi connectivity index (χ1n) is 6.98.